The minimum Gasteiger partial charge on any atom is -0.398 e. The number of aromatic nitrogens is 2. The Labute approximate surface area is 202 Å². The van der Waals surface area contributed by atoms with E-state index in [2.05, 4.69) is 27.4 Å². The Morgan fingerprint density at radius 1 is 1.06 bits per heavy atom. The van der Waals surface area contributed by atoms with Crippen molar-refractivity contribution in [3.05, 3.63) is 75.5 Å². The third-order valence-corrected chi connectivity index (χ3v) is 8.04. The van der Waals surface area contributed by atoms with E-state index in [-0.39, 0.29) is 17.1 Å². The molecule has 2 aliphatic rings. The molecule has 8 nitrogen and oxygen atoms in total. The molecule has 1 aliphatic heterocycles. The molecule has 5 rings (SSSR count). The van der Waals surface area contributed by atoms with Gasteiger partial charge in [0.15, 0.2) is 5.01 Å². The highest BCUT2D eigenvalue weighted by molar-refractivity contribution is 7.13. The van der Waals surface area contributed by atoms with Crippen LogP contribution in [0.3, 0.4) is 0 Å². The van der Waals surface area contributed by atoms with Crippen LogP contribution in [0.1, 0.15) is 69.1 Å². The normalized spacial score (nSPS) is 22.1. The van der Waals surface area contributed by atoms with Gasteiger partial charge in [-0.2, -0.15) is 0 Å². The number of amides is 3. The van der Waals surface area contributed by atoms with Crippen LogP contribution in [-0.4, -0.2) is 39.4 Å². The highest BCUT2D eigenvalue weighted by Gasteiger charge is 2.37. The van der Waals surface area contributed by atoms with Crippen molar-refractivity contribution in [2.24, 2.45) is 5.73 Å². The largest absolute Gasteiger partial charge is 0.398 e. The molecular weight excluding hydrogens is 448 g/mol. The van der Waals surface area contributed by atoms with Crippen LogP contribution in [0.4, 0.5) is 10.5 Å². The molecule has 0 bridgehead atoms. The average Bonchev–Trinajstić information content (AvgIpc) is 3.30. The van der Waals surface area contributed by atoms with Crippen molar-refractivity contribution in [2.75, 3.05) is 12.3 Å². The quantitative estimate of drug-likeness (QED) is 0.496. The topological polar surface area (TPSA) is 127 Å². The van der Waals surface area contributed by atoms with Crippen molar-refractivity contribution in [3.8, 4) is 0 Å². The lowest BCUT2D eigenvalue weighted by Gasteiger charge is -2.38. The summed E-state index contributed by atoms with van der Waals surface area (Å²) in [6.07, 6.45) is 8.18. The van der Waals surface area contributed by atoms with Crippen LogP contribution < -0.4 is 16.8 Å². The Morgan fingerprint density at radius 2 is 1.79 bits per heavy atom. The minimum atomic E-state index is -0.554. The maximum atomic E-state index is 13.5. The number of primary amides is 1. The van der Waals surface area contributed by atoms with Crippen molar-refractivity contribution >= 4 is 29.0 Å². The van der Waals surface area contributed by atoms with Crippen molar-refractivity contribution in [2.45, 2.75) is 50.1 Å². The number of hydrogen-bond donors (Lipinski definition) is 3. The van der Waals surface area contributed by atoms with Gasteiger partial charge in [-0.1, -0.05) is 18.2 Å². The number of carbonyl (C=O) groups is 2. The van der Waals surface area contributed by atoms with Crippen LogP contribution in [0, 0.1) is 0 Å². The molecule has 1 unspecified atom stereocenters. The lowest BCUT2D eigenvalue weighted by atomic mass is 9.82. The first-order chi connectivity index (χ1) is 16.5. The SMILES string of the molecule is NC(=O)c1nc2c(s1)C(c1ccccc1N)N(C(=O)NC1CCC(c3ccncc3)CC1)CC2. The maximum Gasteiger partial charge on any atom is 0.318 e. The number of nitrogens with zero attached hydrogens (tertiary/aromatic N) is 3. The van der Waals surface area contributed by atoms with Crippen molar-refractivity contribution < 1.29 is 9.59 Å². The van der Waals surface area contributed by atoms with Crippen LogP contribution in [0.15, 0.2) is 48.8 Å². The van der Waals surface area contributed by atoms with E-state index in [0.29, 0.717) is 24.6 Å². The number of urea groups is 1. The van der Waals surface area contributed by atoms with Crippen molar-refractivity contribution in [1.82, 2.24) is 20.2 Å². The van der Waals surface area contributed by atoms with Gasteiger partial charge in [-0.05, 0) is 55.4 Å². The first-order valence-corrected chi connectivity index (χ1v) is 12.4. The second-order valence-corrected chi connectivity index (χ2v) is 9.98. The Morgan fingerprint density at radius 3 is 2.50 bits per heavy atom. The molecule has 1 aliphatic carbocycles. The third kappa shape index (κ3) is 4.35. The molecule has 1 saturated carbocycles. The summed E-state index contributed by atoms with van der Waals surface area (Å²) in [6.45, 7) is 0.492. The number of carbonyl (C=O) groups excluding carboxylic acids is 2. The lowest BCUT2D eigenvalue weighted by Crippen LogP contribution is -2.49. The summed E-state index contributed by atoms with van der Waals surface area (Å²) in [5.41, 5.74) is 15.4. The lowest BCUT2D eigenvalue weighted by molar-refractivity contribution is 0.0999. The molecular formula is C25H28N6O2S. The van der Waals surface area contributed by atoms with E-state index in [9.17, 15) is 9.59 Å². The first-order valence-electron chi connectivity index (χ1n) is 11.6. The highest BCUT2D eigenvalue weighted by Crippen LogP contribution is 2.41. The van der Waals surface area contributed by atoms with Gasteiger partial charge in [0.05, 0.1) is 16.6 Å². The zero-order valence-electron chi connectivity index (χ0n) is 18.8. The second kappa shape index (κ2) is 9.42. The fourth-order valence-electron chi connectivity index (χ4n) is 5.11. The molecule has 34 heavy (non-hydrogen) atoms. The summed E-state index contributed by atoms with van der Waals surface area (Å²) in [6, 6.07) is 11.3. The predicted octanol–water partition coefficient (Wildman–Crippen LogP) is 3.60. The van der Waals surface area contributed by atoms with E-state index >= 15 is 0 Å². The number of fused-ring (bicyclic) bond motifs is 1. The number of nitrogens with one attached hydrogen (secondary N) is 1. The Kier molecular flexibility index (Phi) is 6.19. The Bertz CT molecular complexity index is 1190. The van der Waals surface area contributed by atoms with E-state index in [0.717, 1.165) is 41.8 Å². The van der Waals surface area contributed by atoms with E-state index in [1.807, 2.05) is 41.6 Å². The van der Waals surface area contributed by atoms with Gasteiger partial charge in [0.2, 0.25) is 0 Å². The van der Waals surface area contributed by atoms with Gasteiger partial charge >= 0.3 is 6.03 Å². The maximum absolute atomic E-state index is 13.5. The number of nitrogen functional groups attached to an aromatic ring is 1. The Hall–Kier alpha value is -3.46. The summed E-state index contributed by atoms with van der Waals surface area (Å²) >= 11 is 1.25. The minimum absolute atomic E-state index is 0.111. The van der Waals surface area contributed by atoms with Crippen molar-refractivity contribution in [3.63, 3.8) is 0 Å². The molecule has 0 radical (unpaired) electrons. The monoisotopic (exact) mass is 476 g/mol. The molecule has 1 atom stereocenters. The summed E-state index contributed by atoms with van der Waals surface area (Å²) in [4.78, 5) is 36.5. The third-order valence-electron chi connectivity index (χ3n) is 6.87. The van der Waals surface area contributed by atoms with E-state index < -0.39 is 11.9 Å². The summed E-state index contributed by atoms with van der Waals surface area (Å²) in [7, 11) is 0. The molecule has 3 heterocycles. The molecule has 3 aromatic rings. The molecule has 1 aromatic carbocycles. The molecule has 3 amide bonds. The van der Waals surface area contributed by atoms with Gasteiger partial charge in [0, 0.05) is 42.7 Å². The van der Waals surface area contributed by atoms with Crippen LogP contribution in [-0.2, 0) is 6.42 Å². The number of pyridine rings is 1. The number of thiazole rings is 1. The van der Waals surface area contributed by atoms with Gasteiger partial charge in [-0.15, -0.1) is 11.3 Å². The molecule has 2 aromatic heterocycles. The van der Waals surface area contributed by atoms with E-state index in [4.69, 9.17) is 11.5 Å². The van der Waals surface area contributed by atoms with Gasteiger partial charge in [0.25, 0.3) is 5.91 Å². The van der Waals surface area contributed by atoms with E-state index in [1.54, 1.807) is 0 Å². The molecule has 9 heteroatoms. The number of hydrogen-bond acceptors (Lipinski definition) is 6. The second-order valence-electron chi connectivity index (χ2n) is 8.95. The molecule has 176 valence electrons. The van der Waals surface area contributed by atoms with Crippen LogP contribution in [0.2, 0.25) is 0 Å². The number of rotatable bonds is 4. The van der Waals surface area contributed by atoms with Gasteiger partial charge < -0.3 is 21.7 Å². The van der Waals surface area contributed by atoms with Crippen molar-refractivity contribution in [1.29, 1.82) is 0 Å². The van der Waals surface area contributed by atoms with Gasteiger partial charge in [-0.25, -0.2) is 9.78 Å². The van der Waals surface area contributed by atoms with Gasteiger partial charge in [0.1, 0.15) is 0 Å². The summed E-state index contributed by atoms with van der Waals surface area (Å²) in [5, 5.41) is 3.53. The smallest absolute Gasteiger partial charge is 0.318 e. The average molecular weight is 477 g/mol. The number of para-hydroxylation sites is 1. The van der Waals surface area contributed by atoms with Gasteiger partial charge in [-0.3, -0.25) is 9.78 Å². The first kappa shape index (κ1) is 22.3. The molecule has 0 spiro atoms. The summed E-state index contributed by atoms with van der Waals surface area (Å²) in [5.74, 6) is -0.0453. The summed E-state index contributed by atoms with van der Waals surface area (Å²) < 4.78 is 0. The van der Waals surface area contributed by atoms with Crippen LogP contribution in [0.25, 0.3) is 0 Å². The predicted molar refractivity (Wildman–Crippen MR) is 132 cm³/mol. The van der Waals surface area contributed by atoms with E-state index in [1.165, 1.54) is 16.9 Å². The highest BCUT2D eigenvalue weighted by atomic mass is 32.1. The number of benzene rings is 1. The zero-order valence-corrected chi connectivity index (χ0v) is 19.6. The number of anilines is 1. The zero-order chi connectivity index (χ0) is 23.7. The molecule has 1 fully saturated rings. The standard InChI is InChI=1S/C25H28N6O2S/c26-19-4-2-1-3-18(19)21-22-20(30-24(34-22)23(27)32)11-14-31(21)25(33)29-17-7-5-15(6-8-17)16-9-12-28-13-10-16/h1-4,9-10,12-13,15,17,21H,5-8,11,14,26H2,(H2,27,32)(H,29,33). The van der Waals surface area contributed by atoms with Crippen LogP contribution in [0.5, 0.6) is 0 Å². The molecule has 5 N–H and O–H groups in total. The fraction of sp³-hybridized carbons (Fsp3) is 0.360. The Balaban J connectivity index is 1.35. The number of nitrogens with two attached hydrogens (primary N) is 2. The fourth-order valence-corrected chi connectivity index (χ4v) is 6.21. The molecule has 0 saturated heterocycles. The van der Waals surface area contributed by atoms with Crippen LogP contribution >= 0.6 is 11.3 Å².